The summed E-state index contributed by atoms with van der Waals surface area (Å²) in [6.45, 7) is 4.39. The summed E-state index contributed by atoms with van der Waals surface area (Å²) in [5, 5.41) is 3.44. The first kappa shape index (κ1) is 26.0. The molecule has 1 heterocycles. The van der Waals surface area contributed by atoms with E-state index in [1.165, 1.54) is 18.2 Å². The summed E-state index contributed by atoms with van der Waals surface area (Å²) in [4.78, 5) is 27.8. The van der Waals surface area contributed by atoms with Crippen molar-refractivity contribution in [3.8, 4) is 0 Å². The highest BCUT2D eigenvalue weighted by Crippen LogP contribution is 2.36. The lowest BCUT2D eigenvalue weighted by molar-refractivity contribution is -0.155. The summed E-state index contributed by atoms with van der Waals surface area (Å²) in [5.74, 6) is 0.382. The number of nitrogens with zero attached hydrogens (tertiary/aromatic N) is 1. The molecule has 31 heavy (non-hydrogen) atoms. The second kappa shape index (κ2) is 12.7. The van der Waals surface area contributed by atoms with Crippen molar-refractivity contribution in [1.82, 2.24) is 10.2 Å². The van der Waals surface area contributed by atoms with E-state index in [1.807, 2.05) is 12.3 Å². The number of hydrogen-bond acceptors (Lipinski definition) is 7. The number of rotatable bonds is 11. The summed E-state index contributed by atoms with van der Waals surface area (Å²) < 4.78 is 5.10. The molecule has 0 aromatic heterocycles. The first-order chi connectivity index (χ1) is 14.9. The largest absolute Gasteiger partial charge is 0.467 e. The van der Waals surface area contributed by atoms with Crippen LogP contribution in [0.4, 0.5) is 0 Å². The summed E-state index contributed by atoms with van der Waals surface area (Å²) in [6.07, 6.45) is 5.25. The van der Waals surface area contributed by atoms with Crippen molar-refractivity contribution in [3.63, 3.8) is 0 Å². The highest BCUT2D eigenvalue weighted by atomic mass is 32.2. The van der Waals surface area contributed by atoms with Crippen LogP contribution in [0.1, 0.15) is 30.4 Å². The molecule has 0 unspecified atom stereocenters. The zero-order valence-corrected chi connectivity index (χ0v) is 20.6. The molecule has 1 saturated heterocycles. The van der Waals surface area contributed by atoms with Gasteiger partial charge in [0.2, 0.25) is 5.91 Å². The lowest BCUT2D eigenvalue weighted by Gasteiger charge is -2.44. The van der Waals surface area contributed by atoms with Gasteiger partial charge in [-0.1, -0.05) is 24.3 Å². The summed E-state index contributed by atoms with van der Waals surface area (Å²) in [5.41, 5.74) is 8.52. The zero-order chi connectivity index (χ0) is 22.9. The minimum absolute atomic E-state index is 0.130. The fourth-order valence-electron chi connectivity index (χ4n) is 4.32. The molecule has 0 aliphatic carbocycles. The summed E-state index contributed by atoms with van der Waals surface area (Å²) >= 11 is 5.89. The van der Waals surface area contributed by atoms with Crippen LogP contribution >= 0.6 is 24.4 Å². The molecule has 2 atom stereocenters. The number of methoxy groups -OCH3 is 1. The number of thioether (sulfide) groups is 1. The number of thiol groups is 1. The maximum Gasteiger partial charge on any atom is 0.328 e. The number of carbonyl (C=O) groups is 2. The van der Waals surface area contributed by atoms with Crippen LogP contribution in [0.25, 0.3) is 0 Å². The molecule has 2 rings (SSSR count). The molecular formula is C23H37N3O3S2. The molecule has 1 aromatic carbocycles. The minimum atomic E-state index is -0.748. The van der Waals surface area contributed by atoms with E-state index in [1.54, 1.807) is 16.7 Å². The Morgan fingerprint density at radius 2 is 2.00 bits per heavy atom. The van der Waals surface area contributed by atoms with Crippen LogP contribution in [0.3, 0.4) is 0 Å². The fraction of sp³-hybridized carbons (Fsp3) is 0.652. The number of nitrogens with one attached hydrogen (secondary N) is 1. The Balaban J connectivity index is 2.42. The van der Waals surface area contributed by atoms with E-state index in [0.717, 1.165) is 38.1 Å². The average molecular weight is 468 g/mol. The predicted octanol–water partition coefficient (Wildman–Crippen LogP) is 2.29. The molecule has 1 amide bonds. The lowest BCUT2D eigenvalue weighted by Crippen LogP contribution is -2.57. The van der Waals surface area contributed by atoms with Crippen LogP contribution in [-0.2, 0) is 20.7 Å². The average Bonchev–Trinajstić information content (AvgIpc) is 2.79. The van der Waals surface area contributed by atoms with Crippen molar-refractivity contribution in [2.24, 2.45) is 11.1 Å². The van der Waals surface area contributed by atoms with Crippen LogP contribution < -0.4 is 11.1 Å². The molecule has 1 fully saturated rings. The monoisotopic (exact) mass is 467 g/mol. The second-order valence-electron chi connectivity index (χ2n) is 8.43. The number of esters is 1. The Morgan fingerprint density at radius 3 is 2.58 bits per heavy atom. The zero-order valence-electron chi connectivity index (χ0n) is 18.9. The molecule has 3 N–H and O–H groups in total. The minimum Gasteiger partial charge on any atom is -0.467 e. The van der Waals surface area contributed by atoms with Gasteiger partial charge in [-0.3, -0.25) is 4.79 Å². The van der Waals surface area contributed by atoms with E-state index < -0.39 is 12.1 Å². The third kappa shape index (κ3) is 7.14. The van der Waals surface area contributed by atoms with Crippen LogP contribution in [-0.4, -0.2) is 73.4 Å². The van der Waals surface area contributed by atoms with Gasteiger partial charge in [-0.25, -0.2) is 4.79 Å². The number of nitrogens with two attached hydrogens (primary N) is 1. The van der Waals surface area contributed by atoms with Gasteiger partial charge < -0.3 is 20.7 Å². The van der Waals surface area contributed by atoms with Crippen LogP contribution in [0.5, 0.6) is 0 Å². The smallest absolute Gasteiger partial charge is 0.328 e. The van der Waals surface area contributed by atoms with E-state index in [9.17, 15) is 9.59 Å². The topological polar surface area (TPSA) is 84.7 Å². The van der Waals surface area contributed by atoms with Gasteiger partial charge in [0.25, 0.3) is 0 Å². The van der Waals surface area contributed by atoms with Gasteiger partial charge in [-0.15, -0.1) is 0 Å². The Bertz CT molecular complexity index is 726. The highest BCUT2D eigenvalue weighted by Gasteiger charge is 2.41. The number of hydrogen-bond donors (Lipinski definition) is 3. The predicted molar refractivity (Wildman–Crippen MR) is 132 cm³/mol. The first-order valence-electron chi connectivity index (χ1n) is 10.9. The number of carbonyl (C=O) groups excluding carboxylic acids is 2. The second-order valence-corrected chi connectivity index (χ2v) is 9.78. The third-order valence-electron chi connectivity index (χ3n) is 6.24. The molecule has 1 aliphatic heterocycles. The maximum atomic E-state index is 13.4. The fourth-order valence-corrected chi connectivity index (χ4v) is 4.94. The van der Waals surface area contributed by atoms with Crippen molar-refractivity contribution in [1.29, 1.82) is 0 Å². The first-order valence-corrected chi connectivity index (χ1v) is 12.9. The van der Waals surface area contributed by atoms with Gasteiger partial charge >= 0.3 is 5.97 Å². The molecule has 174 valence electrons. The van der Waals surface area contributed by atoms with Crippen molar-refractivity contribution < 1.29 is 14.3 Å². The molecule has 0 bridgehead atoms. The Kier molecular flexibility index (Phi) is 10.7. The van der Waals surface area contributed by atoms with Crippen LogP contribution in [0.2, 0.25) is 0 Å². The van der Waals surface area contributed by atoms with E-state index in [2.05, 4.69) is 43.1 Å². The van der Waals surface area contributed by atoms with E-state index in [0.29, 0.717) is 13.0 Å². The standard InChI is InChI=1S/C23H37N3O3S2/c1-17-6-4-5-7-18(17)14-23(9-11-25-12-10-23)16-26(21(27)19(24)15-30)20(8-13-31-3)22(28)29-2/h4-7,19-20,25,30H,8-16,24H2,1-3H3/t19-,20-/m0/s1. The number of amides is 1. The van der Waals surface area contributed by atoms with Gasteiger partial charge in [0.05, 0.1) is 13.2 Å². The van der Waals surface area contributed by atoms with E-state index in [4.69, 9.17) is 10.5 Å². The van der Waals surface area contributed by atoms with Gasteiger partial charge in [0.1, 0.15) is 6.04 Å². The molecule has 0 spiro atoms. The highest BCUT2D eigenvalue weighted by molar-refractivity contribution is 7.98. The SMILES string of the molecule is COC(=O)[C@H](CCSC)N(CC1(Cc2ccccc2C)CCNCC1)C(=O)[C@@H](N)CS. The van der Waals surface area contributed by atoms with Gasteiger partial charge in [0, 0.05) is 12.3 Å². The molecule has 1 aliphatic rings. The number of piperidine rings is 1. The van der Waals surface area contributed by atoms with Crippen molar-refractivity contribution in [2.75, 3.05) is 44.5 Å². The number of ether oxygens (including phenoxy) is 1. The van der Waals surface area contributed by atoms with Crippen LogP contribution in [0, 0.1) is 12.3 Å². The van der Waals surface area contributed by atoms with E-state index >= 15 is 0 Å². The lowest BCUT2D eigenvalue weighted by atomic mass is 9.73. The Morgan fingerprint density at radius 1 is 1.32 bits per heavy atom. The number of benzene rings is 1. The molecule has 0 radical (unpaired) electrons. The van der Waals surface area contributed by atoms with Crippen molar-refractivity contribution >= 4 is 36.3 Å². The molecular weight excluding hydrogens is 430 g/mol. The molecule has 8 heteroatoms. The van der Waals surface area contributed by atoms with Gasteiger partial charge in [-0.05, 0) is 74.2 Å². The maximum absolute atomic E-state index is 13.4. The third-order valence-corrected chi connectivity index (χ3v) is 7.28. The van der Waals surface area contributed by atoms with Crippen molar-refractivity contribution in [3.05, 3.63) is 35.4 Å². The Hall–Kier alpha value is -1.22. The normalized spacial score (nSPS) is 17.6. The van der Waals surface area contributed by atoms with Crippen LogP contribution in [0.15, 0.2) is 24.3 Å². The summed E-state index contributed by atoms with van der Waals surface area (Å²) in [6, 6.07) is 7.01. The Labute approximate surface area is 196 Å². The molecule has 1 aromatic rings. The molecule has 6 nitrogen and oxygen atoms in total. The van der Waals surface area contributed by atoms with E-state index in [-0.39, 0.29) is 23.0 Å². The quantitative estimate of drug-likeness (QED) is 0.342. The van der Waals surface area contributed by atoms with Crippen molar-refractivity contribution in [2.45, 2.75) is 44.7 Å². The molecule has 0 saturated carbocycles. The van der Waals surface area contributed by atoms with Gasteiger partial charge in [0.15, 0.2) is 0 Å². The van der Waals surface area contributed by atoms with Gasteiger partial charge in [-0.2, -0.15) is 24.4 Å². The summed E-state index contributed by atoms with van der Waals surface area (Å²) in [7, 11) is 1.38. The number of aryl methyl sites for hydroxylation is 1.